The second-order valence-corrected chi connectivity index (χ2v) is 1.95. The molecule has 0 radical (unpaired) electrons. The first-order valence-electron chi connectivity index (χ1n) is 3.22. The summed E-state index contributed by atoms with van der Waals surface area (Å²) in [6.07, 6.45) is 0.0876. The van der Waals surface area contributed by atoms with Crippen molar-refractivity contribution in [3.8, 4) is 0 Å². The van der Waals surface area contributed by atoms with Gasteiger partial charge in [0.15, 0.2) is 0 Å². The summed E-state index contributed by atoms with van der Waals surface area (Å²) in [5.74, 6) is -0.357. The lowest BCUT2D eigenvalue weighted by atomic mass is 10.2. The summed E-state index contributed by atoms with van der Waals surface area (Å²) >= 11 is 0. The fourth-order valence-electron chi connectivity index (χ4n) is 0.499. The highest BCUT2D eigenvalue weighted by Crippen LogP contribution is 1.89. The van der Waals surface area contributed by atoms with Crippen LogP contribution in [0.3, 0.4) is 0 Å². The van der Waals surface area contributed by atoms with E-state index in [0.717, 1.165) is 0 Å². The number of carbonyl (C=O) groups is 1. The quantitative estimate of drug-likeness (QED) is 0.514. The lowest BCUT2D eigenvalue weighted by molar-refractivity contribution is -0.143. The lowest BCUT2D eigenvalue weighted by Gasteiger charge is -2.05. The molecule has 0 bridgehead atoms. The van der Waals surface area contributed by atoms with Crippen LogP contribution in [0.1, 0.15) is 13.3 Å². The molecule has 4 heteroatoms. The summed E-state index contributed by atoms with van der Waals surface area (Å²) in [4.78, 5) is 10.6. The molecule has 0 heterocycles. The van der Waals surface area contributed by atoms with E-state index in [-0.39, 0.29) is 19.0 Å². The van der Waals surface area contributed by atoms with Crippen LogP contribution in [-0.4, -0.2) is 30.3 Å². The molecule has 3 N–H and O–H groups in total. The van der Waals surface area contributed by atoms with Crippen LogP contribution in [0.25, 0.3) is 0 Å². The first-order chi connectivity index (χ1) is 4.70. The third kappa shape index (κ3) is 4.29. The predicted octanol–water partition coefficient (Wildman–Crippen LogP) is -0.741. The molecule has 0 spiro atoms. The molecule has 1 atom stereocenters. The molecule has 60 valence electrons. The van der Waals surface area contributed by atoms with Crippen LogP contribution >= 0.6 is 0 Å². The fourth-order valence-corrected chi connectivity index (χ4v) is 0.499. The Bertz CT molecular complexity index is 105. The number of esters is 1. The smallest absolute Gasteiger partial charge is 0.307 e. The molecule has 0 aromatic heterocycles. The summed E-state index contributed by atoms with van der Waals surface area (Å²) in [7, 11) is 0. The second-order valence-electron chi connectivity index (χ2n) is 1.95. The Hall–Kier alpha value is -0.610. The van der Waals surface area contributed by atoms with E-state index in [2.05, 4.69) is 4.74 Å². The van der Waals surface area contributed by atoms with E-state index < -0.39 is 6.04 Å². The maximum absolute atomic E-state index is 10.6. The number of nitrogens with two attached hydrogens (primary N) is 1. The largest absolute Gasteiger partial charge is 0.466 e. The number of ether oxygens (including phenoxy) is 1. The Balaban J connectivity index is 3.37. The molecule has 0 aliphatic heterocycles. The van der Waals surface area contributed by atoms with Gasteiger partial charge in [-0.25, -0.2) is 0 Å². The third-order valence-electron chi connectivity index (χ3n) is 0.969. The summed E-state index contributed by atoms with van der Waals surface area (Å²) in [6.45, 7) is 1.90. The zero-order valence-electron chi connectivity index (χ0n) is 6.04. The summed E-state index contributed by atoms with van der Waals surface area (Å²) in [6, 6.07) is -0.487. The molecule has 0 saturated heterocycles. The summed E-state index contributed by atoms with van der Waals surface area (Å²) in [5, 5.41) is 8.42. The van der Waals surface area contributed by atoms with Crippen molar-refractivity contribution in [1.29, 1.82) is 0 Å². The van der Waals surface area contributed by atoms with Gasteiger partial charge in [0.25, 0.3) is 0 Å². The Morgan fingerprint density at radius 1 is 1.80 bits per heavy atom. The van der Waals surface area contributed by atoms with Crippen LogP contribution in [0, 0.1) is 0 Å². The van der Waals surface area contributed by atoms with E-state index in [1.807, 2.05) is 0 Å². The van der Waals surface area contributed by atoms with E-state index >= 15 is 0 Å². The van der Waals surface area contributed by atoms with Crippen LogP contribution in [0.5, 0.6) is 0 Å². The minimum atomic E-state index is -0.487. The van der Waals surface area contributed by atoms with Gasteiger partial charge in [-0.15, -0.1) is 0 Å². The lowest BCUT2D eigenvalue weighted by Crippen LogP contribution is -2.28. The Kier molecular flexibility index (Phi) is 4.88. The SMILES string of the molecule is CCOC(=O)CC(N)CO. The van der Waals surface area contributed by atoms with Crippen molar-refractivity contribution in [2.24, 2.45) is 5.73 Å². The van der Waals surface area contributed by atoms with Crippen molar-refractivity contribution in [3.05, 3.63) is 0 Å². The normalized spacial score (nSPS) is 12.7. The van der Waals surface area contributed by atoms with Crippen LogP contribution < -0.4 is 5.73 Å². The van der Waals surface area contributed by atoms with E-state index in [1.165, 1.54) is 0 Å². The highest BCUT2D eigenvalue weighted by Gasteiger charge is 2.07. The molecule has 0 aromatic carbocycles. The second kappa shape index (κ2) is 5.20. The summed E-state index contributed by atoms with van der Waals surface area (Å²) < 4.78 is 4.58. The molecular weight excluding hydrogens is 134 g/mol. The van der Waals surface area contributed by atoms with Gasteiger partial charge in [-0.05, 0) is 6.92 Å². The topological polar surface area (TPSA) is 72.5 Å². The predicted molar refractivity (Wildman–Crippen MR) is 36.3 cm³/mol. The van der Waals surface area contributed by atoms with Crippen molar-refractivity contribution >= 4 is 5.97 Å². The molecule has 0 aliphatic rings. The van der Waals surface area contributed by atoms with Gasteiger partial charge in [0, 0.05) is 6.04 Å². The molecule has 0 aliphatic carbocycles. The molecule has 4 nitrogen and oxygen atoms in total. The highest BCUT2D eigenvalue weighted by molar-refractivity contribution is 5.70. The van der Waals surface area contributed by atoms with Gasteiger partial charge >= 0.3 is 5.97 Å². The zero-order valence-corrected chi connectivity index (χ0v) is 6.04. The number of rotatable bonds is 4. The first-order valence-corrected chi connectivity index (χ1v) is 3.22. The Morgan fingerprint density at radius 2 is 2.40 bits per heavy atom. The zero-order chi connectivity index (χ0) is 7.98. The van der Waals surface area contributed by atoms with E-state index in [9.17, 15) is 4.79 Å². The van der Waals surface area contributed by atoms with Crippen molar-refractivity contribution in [3.63, 3.8) is 0 Å². The molecular formula is C6H13NO3. The van der Waals surface area contributed by atoms with Gasteiger partial charge in [0.2, 0.25) is 0 Å². The highest BCUT2D eigenvalue weighted by atomic mass is 16.5. The molecule has 0 saturated carbocycles. The minimum Gasteiger partial charge on any atom is -0.466 e. The number of aliphatic hydroxyl groups excluding tert-OH is 1. The summed E-state index contributed by atoms with van der Waals surface area (Å²) in [5.41, 5.74) is 5.25. The van der Waals surface area contributed by atoms with Crippen LogP contribution in [-0.2, 0) is 9.53 Å². The van der Waals surface area contributed by atoms with Gasteiger partial charge in [-0.2, -0.15) is 0 Å². The van der Waals surface area contributed by atoms with Crippen LogP contribution in [0.4, 0.5) is 0 Å². The van der Waals surface area contributed by atoms with Crippen LogP contribution in [0.15, 0.2) is 0 Å². The van der Waals surface area contributed by atoms with Crippen molar-refractivity contribution in [1.82, 2.24) is 0 Å². The third-order valence-corrected chi connectivity index (χ3v) is 0.969. The van der Waals surface area contributed by atoms with E-state index in [0.29, 0.717) is 6.61 Å². The number of hydrogen-bond donors (Lipinski definition) is 2. The monoisotopic (exact) mass is 147 g/mol. The molecule has 0 amide bonds. The van der Waals surface area contributed by atoms with Crippen molar-refractivity contribution in [2.75, 3.05) is 13.2 Å². The Labute approximate surface area is 60.0 Å². The van der Waals surface area contributed by atoms with Gasteiger partial charge in [-0.1, -0.05) is 0 Å². The number of aliphatic hydroxyl groups is 1. The van der Waals surface area contributed by atoms with Gasteiger partial charge in [-0.3, -0.25) is 4.79 Å². The van der Waals surface area contributed by atoms with E-state index in [4.69, 9.17) is 10.8 Å². The van der Waals surface area contributed by atoms with Gasteiger partial charge < -0.3 is 15.6 Å². The average molecular weight is 147 g/mol. The van der Waals surface area contributed by atoms with Crippen LogP contribution in [0.2, 0.25) is 0 Å². The number of carbonyl (C=O) groups excluding carboxylic acids is 1. The standard InChI is InChI=1S/C6H13NO3/c1-2-10-6(9)3-5(7)4-8/h5,8H,2-4,7H2,1H3. The maximum Gasteiger partial charge on any atom is 0.307 e. The van der Waals surface area contributed by atoms with Gasteiger partial charge in [0.1, 0.15) is 0 Å². The van der Waals surface area contributed by atoms with Crippen molar-refractivity contribution < 1.29 is 14.6 Å². The fraction of sp³-hybridized carbons (Fsp3) is 0.833. The van der Waals surface area contributed by atoms with E-state index in [1.54, 1.807) is 6.92 Å². The Morgan fingerprint density at radius 3 is 2.80 bits per heavy atom. The molecule has 0 fully saturated rings. The first kappa shape index (κ1) is 9.39. The average Bonchev–Trinajstić information content (AvgIpc) is 1.88. The molecule has 10 heavy (non-hydrogen) atoms. The molecule has 0 aromatic rings. The van der Waals surface area contributed by atoms with Crippen molar-refractivity contribution in [2.45, 2.75) is 19.4 Å². The molecule has 0 rings (SSSR count). The van der Waals surface area contributed by atoms with Gasteiger partial charge in [0.05, 0.1) is 19.6 Å². The molecule has 1 unspecified atom stereocenters. The maximum atomic E-state index is 10.6. The number of hydrogen-bond acceptors (Lipinski definition) is 4. The minimum absolute atomic E-state index is 0.0876.